The molecule has 0 radical (unpaired) electrons. The van der Waals surface area contributed by atoms with Gasteiger partial charge in [-0.25, -0.2) is 0 Å². The standard InChI is InChI=1S/C12H18N2O/c1-14(9-12(15)11-2-3-11)8-10-4-6-13-7-5-10/h4-7,11-12,15H,2-3,8-9H2,1H3. The number of nitrogens with zero attached hydrogens (tertiary/aromatic N) is 2. The van der Waals surface area contributed by atoms with Gasteiger partial charge in [-0.1, -0.05) is 0 Å². The number of hydrogen-bond acceptors (Lipinski definition) is 3. The lowest BCUT2D eigenvalue weighted by atomic mass is 10.2. The first kappa shape index (κ1) is 10.6. The van der Waals surface area contributed by atoms with Gasteiger partial charge >= 0.3 is 0 Å². The Balaban J connectivity index is 1.79. The highest BCUT2D eigenvalue weighted by Crippen LogP contribution is 2.32. The van der Waals surface area contributed by atoms with Gasteiger partial charge < -0.3 is 5.11 Å². The van der Waals surface area contributed by atoms with Crippen molar-refractivity contribution in [1.82, 2.24) is 9.88 Å². The van der Waals surface area contributed by atoms with Gasteiger partial charge in [-0.05, 0) is 43.5 Å². The predicted octanol–water partition coefficient (Wildman–Crippen LogP) is 1.28. The van der Waals surface area contributed by atoms with Crippen molar-refractivity contribution in [3.05, 3.63) is 30.1 Å². The van der Waals surface area contributed by atoms with E-state index in [1.54, 1.807) is 12.4 Å². The van der Waals surface area contributed by atoms with Gasteiger partial charge in [0.15, 0.2) is 0 Å². The molecule has 3 heteroatoms. The summed E-state index contributed by atoms with van der Waals surface area (Å²) in [5, 5.41) is 9.78. The molecule has 1 N–H and O–H groups in total. The first-order chi connectivity index (χ1) is 7.25. The highest BCUT2D eigenvalue weighted by Gasteiger charge is 2.30. The Morgan fingerprint density at radius 2 is 2.13 bits per heavy atom. The van der Waals surface area contributed by atoms with Crippen LogP contribution >= 0.6 is 0 Å². The molecular weight excluding hydrogens is 188 g/mol. The molecule has 1 atom stereocenters. The molecular formula is C12H18N2O. The Morgan fingerprint density at radius 3 is 2.73 bits per heavy atom. The molecule has 1 aliphatic rings. The van der Waals surface area contributed by atoms with Crippen LogP contribution in [0.3, 0.4) is 0 Å². The highest BCUT2D eigenvalue weighted by atomic mass is 16.3. The van der Waals surface area contributed by atoms with E-state index in [4.69, 9.17) is 0 Å². The van der Waals surface area contributed by atoms with Crippen LogP contribution in [0.5, 0.6) is 0 Å². The molecule has 2 rings (SSSR count). The highest BCUT2D eigenvalue weighted by molar-refractivity contribution is 5.09. The minimum absolute atomic E-state index is 0.142. The van der Waals surface area contributed by atoms with E-state index in [-0.39, 0.29) is 6.10 Å². The van der Waals surface area contributed by atoms with E-state index in [9.17, 15) is 5.11 Å². The van der Waals surface area contributed by atoms with E-state index in [0.717, 1.165) is 13.1 Å². The van der Waals surface area contributed by atoms with Crippen LogP contribution < -0.4 is 0 Å². The number of aliphatic hydroxyl groups excluding tert-OH is 1. The molecule has 3 nitrogen and oxygen atoms in total. The second-order valence-electron chi connectivity index (χ2n) is 4.46. The van der Waals surface area contributed by atoms with E-state index in [1.165, 1.54) is 18.4 Å². The molecule has 15 heavy (non-hydrogen) atoms. The van der Waals surface area contributed by atoms with Gasteiger partial charge in [-0.15, -0.1) is 0 Å². The summed E-state index contributed by atoms with van der Waals surface area (Å²) in [4.78, 5) is 6.15. The molecule has 1 aromatic heterocycles. The second-order valence-corrected chi connectivity index (χ2v) is 4.46. The topological polar surface area (TPSA) is 36.4 Å². The zero-order valence-electron chi connectivity index (χ0n) is 9.13. The average Bonchev–Trinajstić information content (AvgIpc) is 3.01. The van der Waals surface area contributed by atoms with Gasteiger partial charge in [0.2, 0.25) is 0 Å². The number of aromatic nitrogens is 1. The fourth-order valence-corrected chi connectivity index (χ4v) is 1.81. The molecule has 1 aromatic rings. The first-order valence-electron chi connectivity index (χ1n) is 5.51. The molecule has 1 saturated carbocycles. The molecule has 0 spiro atoms. The van der Waals surface area contributed by atoms with Gasteiger partial charge in [0.25, 0.3) is 0 Å². The van der Waals surface area contributed by atoms with E-state index in [0.29, 0.717) is 5.92 Å². The summed E-state index contributed by atoms with van der Waals surface area (Å²) in [6, 6.07) is 4.03. The first-order valence-corrected chi connectivity index (χ1v) is 5.51. The summed E-state index contributed by atoms with van der Waals surface area (Å²) in [5.74, 6) is 0.560. The SMILES string of the molecule is CN(Cc1ccncc1)CC(O)C1CC1. The van der Waals surface area contributed by atoms with Crippen molar-refractivity contribution in [2.45, 2.75) is 25.5 Å². The molecule has 1 unspecified atom stereocenters. The smallest absolute Gasteiger partial charge is 0.0695 e. The third-order valence-electron chi connectivity index (χ3n) is 2.87. The lowest BCUT2D eigenvalue weighted by Gasteiger charge is -2.20. The summed E-state index contributed by atoms with van der Waals surface area (Å²) in [6.07, 6.45) is 5.87. The van der Waals surface area contributed by atoms with E-state index < -0.39 is 0 Å². The van der Waals surface area contributed by atoms with Crippen molar-refractivity contribution in [2.75, 3.05) is 13.6 Å². The van der Waals surface area contributed by atoms with Crippen molar-refractivity contribution in [3.63, 3.8) is 0 Å². The largest absolute Gasteiger partial charge is 0.392 e. The van der Waals surface area contributed by atoms with Crippen LogP contribution in [0.15, 0.2) is 24.5 Å². The second kappa shape index (κ2) is 4.73. The average molecular weight is 206 g/mol. The van der Waals surface area contributed by atoms with Crippen LogP contribution in [0.2, 0.25) is 0 Å². The normalized spacial score (nSPS) is 18.1. The third kappa shape index (κ3) is 3.29. The predicted molar refractivity (Wildman–Crippen MR) is 59.3 cm³/mol. The summed E-state index contributed by atoms with van der Waals surface area (Å²) < 4.78 is 0. The lowest BCUT2D eigenvalue weighted by molar-refractivity contribution is 0.104. The summed E-state index contributed by atoms with van der Waals surface area (Å²) >= 11 is 0. The maximum absolute atomic E-state index is 9.78. The molecule has 0 bridgehead atoms. The number of aliphatic hydroxyl groups is 1. The van der Waals surface area contributed by atoms with E-state index >= 15 is 0 Å². The van der Waals surface area contributed by atoms with Crippen molar-refractivity contribution in [1.29, 1.82) is 0 Å². The molecule has 1 aliphatic carbocycles. The van der Waals surface area contributed by atoms with Crippen LogP contribution in [0, 0.1) is 5.92 Å². The van der Waals surface area contributed by atoms with Crippen LogP contribution in [-0.4, -0.2) is 34.7 Å². The minimum atomic E-state index is -0.142. The van der Waals surface area contributed by atoms with Gasteiger partial charge in [0, 0.05) is 25.5 Å². The Kier molecular flexibility index (Phi) is 3.34. The van der Waals surface area contributed by atoms with Gasteiger partial charge in [0.05, 0.1) is 6.10 Å². The van der Waals surface area contributed by atoms with Gasteiger partial charge in [0.1, 0.15) is 0 Å². The van der Waals surface area contributed by atoms with Crippen LogP contribution in [-0.2, 0) is 6.54 Å². The minimum Gasteiger partial charge on any atom is -0.392 e. The van der Waals surface area contributed by atoms with Crippen LogP contribution in [0.1, 0.15) is 18.4 Å². The van der Waals surface area contributed by atoms with Crippen molar-refractivity contribution >= 4 is 0 Å². The van der Waals surface area contributed by atoms with E-state index in [2.05, 4.69) is 9.88 Å². The maximum Gasteiger partial charge on any atom is 0.0695 e. The van der Waals surface area contributed by atoms with Gasteiger partial charge in [-0.2, -0.15) is 0 Å². The summed E-state index contributed by atoms with van der Waals surface area (Å²) in [5.41, 5.74) is 1.25. The molecule has 0 aromatic carbocycles. The lowest BCUT2D eigenvalue weighted by Crippen LogP contribution is -2.30. The number of pyridine rings is 1. The van der Waals surface area contributed by atoms with Crippen LogP contribution in [0.25, 0.3) is 0 Å². The molecule has 0 amide bonds. The number of hydrogen-bond donors (Lipinski definition) is 1. The Labute approximate surface area is 90.8 Å². The van der Waals surface area contributed by atoms with Crippen molar-refractivity contribution in [3.8, 4) is 0 Å². The van der Waals surface area contributed by atoms with Gasteiger partial charge in [-0.3, -0.25) is 9.88 Å². The zero-order valence-corrected chi connectivity index (χ0v) is 9.13. The number of rotatable bonds is 5. The molecule has 0 saturated heterocycles. The summed E-state index contributed by atoms with van der Waals surface area (Å²) in [6.45, 7) is 1.65. The molecule has 0 aliphatic heterocycles. The van der Waals surface area contributed by atoms with E-state index in [1.807, 2.05) is 19.2 Å². The fourth-order valence-electron chi connectivity index (χ4n) is 1.81. The third-order valence-corrected chi connectivity index (χ3v) is 2.87. The summed E-state index contributed by atoms with van der Waals surface area (Å²) in [7, 11) is 2.05. The Hall–Kier alpha value is -0.930. The van der Waals surface area contributed by atoms with Crippen molar-refractivity contribution < 1.29 is 5.11 Å². The maximum atomic E-state index is 9.78. The van der Waals surface area contributed by atoms with Crippen LogP contribution in [0.4, 0.5) is 0 Å². The quantitative estimate of drug-likeness (QED) is 0.788. The Bertz CT molecular complexity index is 298. The Morgan fingerprint density at radius 1 is 1.47 bits per heavy atom. The molecule has 82 valence electrons. The number of likely N-dealkylation sites (N-methyl/N-ethyl adjacent to an activating group) is 1. The molecule has 1 heterocycles. The zero-order chi connectivity index (χ0) is 10.7. The monoisotopic (exact) mass is 206 g/mol. The van der Waals surface area contributed by atoms with Crippen molar-refractivity contribution in [2.24, 2.45) is 5.92 Å². The molecule has 1 fully saturated rings. The fraction of sp³-hybridized carbons (Fsp3) is 0.583.